The lowest BCUT2D eigenvalue weighted by Crippen LogP contribution is -2.24. The molecule has 0 saturated heterocycles. The van der Waals surface area contributed by atoms with E-state index in [4.69, 9.17) is 16.3 Å². The van der Waals surface area contributed by atoms with Gasteiger partial charge < -0.3 is 4.74 Å². The Morgan fingerprint density at radius 2 is 1.90 bits per heavy atom. The number of rotatable bonds is 7. The first-order chi connectivity index (χ1) is 14.6. The van der Waals surface area contributed by atoms with Crippen molar-refractivity contribution in [2.75, 3.05) is 13.2 Å². The van der Waals surface area contributed by atoms with Gasteiger partial charge >= 0.3 is 0 Å². The van der Waals surface area contributed by atoms with Gasteiger partial charge in [-0.15, -0.1) is 0 Å². The monoisotopic (exact) mass is 421 g/mol. The molecule has 1 atom stereocenters. The maximum atomic E-state index is 13.3. The fourth-order valence-electron chi connectivity index (χ4n) is 3.78. The van der Waals surface area contributed by atoms with Gasteiger partial charge in [-0.05, 0) is 55.3 Å². The molecule has 2 aromatic carbocycles. The molecule has 0 N–H and O–H groups in total. The number of ether oxygens (including phenoxy) is 1. The van der Waals surface area contributed by atoms with Crippen LogP contribution in [-0.4, -0.2) is 27.7 Å². The van der Waals surface area contributed by atoms with Gasteiger partial charge in [0.15, 0.2) is 0 Å². The quantitative estimate of drug-likeness (QED) is 0.234. The van der Waals surface area contributed by atoms with Crippen LogP contribution < -0.4 is 5.56 Å². The SMILES string of the molecule is CCOCC[C@H](C)n1cnc2c(cc(Cc3ccc(Cl)nc3)c3ccccc32)c1=O. The highest BCUT2D eigenvalue weighted by atomic mass is 35.5. The number of hydrogen-bond donors (Lipinski definition) is 0. The molecule has 4 aromatic rings. The van der Waals surface area contributed by atoms with Crippen LogP contribution >= 0.6 is 11.6 Å². The highest BCUT2D eigenvalue weighted by Crippen LogP contribution is 2.28. The Bertz CT molecular complexity index is 1240. The summed E-state index contributed by atoms with van der Waals surface area (Å²) in [4.78, 5) is 22.2. The van der Waals surface area contributed by atoms with Crippen LogP contribution in [0.2, 0.25) is 5.15 Å². The summed E-state index contributed by atoms with van der Waals surface area (Å²) in [5, 5.41) is 3.18. The Kier molecular flexibility index (Phi) is 6.11. The summed E-state index contributed by atoms with van der Waals surface area (Å²) in [6.07, 6.45) is 4.86. The molecule has 0 spiro atoms. The first kappa shape index (κ1) is 20.5. The van der Waals surface area contributed by atoms with E-state index in [-0.39, 0.29) is 11.6 Å². The van der Waals surface area contributed by atoms with Crippen molar-refractivity contribution in [3.63, 3.8) is 0 Å². The standard InChI is InChI=1S/C24H24ClN3O2/c1-3-30-11-10-16(2)28-15-27-23-20-7-5-4-6-19(20)18(13-21(23)24(28)29)12-17-8-9-22(25)26-14-17/h4-9,13-16H,3,10-12H2,1-2H3/t16-/m0/s1. The zero-order valence-corrected chi connectivity index (χ0v) is 17.9. The largest absolute Gasteiger partial charge is 0.382 e. The van der Waals surface area contributed by atoms with Crippen molar-refractivity contribution in [2.45, 2.75) is 32.7 Å². The summed E-state index contributed by atoms with van der Waals surface area (Å²) in [5.41, 5.74) is 2.83. The van der Waals surface area contributed by atoms with Crippen LogP contribution in [0.25, 0.3) is 21.7 Å². The molecule has 2 heterocycles. The number of fused-ring (bicyclic) bond motifs is 3. The van der Waals surface area contributed by atoms with E-state index in [2.05, 4.69) is 16.0 Å². The van der Waals surface area contributed by atoms with Gasteiger partial charge in [0.25, 0.3) is 5.56 Å². The maximum Gasteiger partial charge on any atom is 0.261 e. The third kappa shape index (κ3) is 4.09. The molecule has 6 heteroatoms. The molecule has 0 aliphatic heterocycles. The van der Waals surface area contributed by atoms with Crippen LogP contribution in [0.1, 0.15) is 37.4 Å². The first-order valence-corrected chi connectivity index (χ1v) is 10.6. The molecule has 0 aliphatic rings. The number of nitrogens with zero attached hydrogens (tertiary/aromatic N) is 3. The maximum absolute atomic E-state index is 13.3. The van der Waals surface area contributed by atoms with E-state index in [0.717, 1.165) is 33.8 Å². The van der Waals surface area contributed by atoms with E-state index in [1.54, 1.807) is 23.2 Å². The van der Waals surface area contributed by atoms with Crippen molar-refractivity contribution >= 4 is 33.3 Å². The normalized spacial score (nSPS) is 12.5. The van der Waals surface area contributed by atoms with E-state index in [0.29, 0.717) is 30.2 Å². The molecule has 154 valence electrons. The number of aromatic nitrogens is 3. The minimum Gasteiger partial charge on any atom is -0.382 e. The predicted molar refractivity (Wildman–Crippen MR) is 121 cm³/mol. The van der Waals surface area contributed by atoms with Crippen molar-refractivity contribution in [2.24, 2.45) is 0 Å². The summed E-state index contributed by atoms with van der Waals surface area (Å²) in [6.45, 7) is 5.29. The number of halogens is 1. The Balaban J connectivity index is 1.83. The lowest BCUT2D eigenvalue weighted by atomic mass is 9.96. The number of benzene rings is 2. The van der Waals surface area contributed by atoms with Crippen LogP contribution in [0.15, 0.2) is 59.8 Å². The Morgan fingerprint density at radius 3 is 2.63 bits per heavy atom. The number of pyridine rings is 1. The van der Waals surface area contributed by atoms with Gasteiger partial charge in [0.2, 0.25) is 0 Å². The predicted octanol–water partition coefficient (Wildman–Crippen LogP) is 5.18. The molecule has 0 fully saturated rings. The molecule has 0 saturated carbocycles. The summed E-state index contributed by atoms with van der Waals surface area (Å²) in [6, 6.07) is 13.8. The highest BCUT2D eigenvalue weighted by Gasteiger charge is 2.15. The summed E-state index contributed by atoms with van der Waals surface area (Å²) < 4.78 is 7.17. The molecule has 30 heavy (non-hydrogen) atoms. The molecule has 0 aliphatic carbocycles. The molecule has 0 radical (unpaired) electrons. The summed E-state index contributed by atoms with van der Waals surface area (Å²) in [5.74, 6) is 0. The molecule has 0 bridgehead atoms. The van der Waals surface area contributed by atoms with Crippen molar-refractivity contribution in [3.05, 3.63) is 81.6 Å². The third-order valence-electron chi connectivity index (χ3n) is 5.42. The Morgan fingerprint density at radius 1 is 1.10 bits per heavy atom. The molecular formula is C24H24ClN3O2. The topological polar surface area (TPSA) is 57.0 Å². The molecule has 4 rings (SSSR count). The van der Waals surface area contributed by atoms with Crippen LogP contribution in [0, 0.1) is 0 Å². The average molecular weight is 422 g/mol. The second kappa shape index (κ2) is 8.94. The van der Waals surface area contributed by atoms with Crippen LogP contribution in [0.4, 0.5) is 0 Å². The van der Waals surface area contributed by atoms with E-state index in [9.17, 15) is 4.79 Å². The summed E-state index contributed by atoms with van der Waals surface area (Å²) in [7, 11) is 0. The number of hydrogen-bond acceptors (Lipinski definition) is 4. The molecule has 0 unspecified atom stereocenters. The van der Waals surface area contributed by atoms with Crippen molar-refractivity contribution < 1.29 is 4.74 Å². The first-order valence-electron chi connectivity index (χ1n) is 10.2. The molecular weight excluding hydrogens is 398 g/mol. The third-order valence-corrected chi connectivity index (χ3v) is 5.64. The van der Waals surface area contributed by atoms with Crippen molar-refractivity contribution in [1.82, 2.24) is 14.5 Å². The summed E-state index contributed by atoms with van der Waals surface area (Å²) >= 11 is 5.93. The second-order valence-corrected chi connectivity index (χ2v) is 7.82. The minimum absolute atomic E-state index is 0.0105. The minimum atomic E-state index is -0.0229. The van der Waals surface area contributed by atoms with Gasteiger partial charge in [0.05, 0.1) is 17.2 Å². The highest BCUT2D eigenvalue weighted by molar-refractivity contribution is 6.29. The zero-order valence-electron chi connectivity index (χ0n) is 17.1. The lowest BCUT2D eigenvalue weighted by molar-refractivity contribution is 0.134. The van der Waals surface area contributed by atoms with E-state index < -0.39 is 0 Å². The second-order valence-electron chi connectivity index (χ2n) is 7.44. The van der Waals surface area contributed by atoms with Gasteiger partial charge in [-0.3, -0.25) is 9.36 Å². The average Bonchev–Trinajstić information content (AvgIpc) is 2.76. The molecule has 5 nitrogen and oxygen atoms in total. The van der Waals surface area contributed by atoms with Crippen LogP contribution in [-0.2, 0) is 11.2 Å². The fourth-order valence-corrected chi connectivity index (χ4v) is 3.89. The zero-order chi connectivity index (χ0) is 21.1. The van der Waals surface area contributed by atoms with Crippen molar-refractivity contribution in [3.8, 4) is 0 Å². The van der Waals surface area contributed by atoms with Gasteiger partial charge in [0, 0.05) is 30.8 Å². The van der Waals surface area contributed by atoms with Gasteiger partial charge in [-0.2, -0.15) is 0 Å². The van der Waals surface area contributed by atoms with E-state index in [1.165, 1.54) is 0 Å². The van der Waals surface area contributed by atoms with E-state index >= 15 is 0 Å². The smallest absolute Gasteiger partial charge is 0.261 e. The Hall–Kier alpha value is -2.76. The van der Waals surface area contributed by atoms with Gasteiger partial charge in [0.1, 0.15) is 5.15 Å². The van der Waals surface area contributed by atoms with Crippen LogP contribution in [0.3, 0.4) is 0 Å². The van der Waals surface area contributed by atoms with Gasteiger partial charge in [-0.1, -0.05) is 41.9 Å². The van der Waals surface area contributed by atoms with Crippen molar-refractivity contribution in [1.29, 1.82) is 0 Å². The molecule has 2 aromatic heterocycles. The van der Waals surface area contributed by atoms with Crippen LogP contribution in [0.5, 0.6) is 0 Å². The Labute approximate surface area is 180 Å². The van der Waals surface area contributed by atoms with E-state index in [1.807, 2.05) is 44.2 Å². The molecule has 0 amide bonds. The van der Waals surface area contributed by atoms with Gasteiger partial charge in [-0.25, -0.2) is 9.97 Å². The fraction of sp³-hybridized carbons (Fsp3) is 0.292. The lowest BCUT2D eigenvalue weighted by Gasteiger charge is -2.16.